The molecule has 1 N–H and O–H groups in total. The second-order valence-corrected chi connectivity index (χ2v) is 4.30. The smallest absolute Gasteiger partial charge is 0.0440 e. The molecule has 14 heavy (non-hydrogen) atoms. The molecule has 0 amide bonds. The van der Waals surface area contributed by atoms with Gasteiger partial charge in [0.15, 0.2) is 0 Å². The Morgan fingerprint density at radius 2 is 2.43 bits per heavy atom. The summed E-state index contributed by atoms with van der Waals surface area (Å²) in [4.78, 5) is 0. The Morgan fingerprint density at radius 1 is 1.57 bits per heavy atom. The van der Waals surface area contributed by atoms with Crippen LogP contribution in [0, 0.1) is 0 Å². The van der Waals surface area contributed by atoms with Crippen LogP contribution >= 0.6 is 0 Å². The first-order chi connectivity index (χ1) is 6.82. The van der Waals surface area contributed by atoms with Gasteiger partial charge in [0.05, 0.1) is 0 Å². The van der Waals surface area contributed by atoms with Crippen LogP contribution in [0.5, 0.6) is 0 Å². The molecule has 1 aliphatic heterocycles. The summed E-state index contributed by atoms with van der Waals surface area (Å²) in [7, 11) is 0. The van der Waals surface area contributed by atoms with E-state index in [1.807, 2.05) is 0 Å². The van der Waals surface area contributed by atoms with Gasteiger partial charge in [-0.2, -0.15) is 0 Å². The van der Waals surface area contributed by atoms with Crippen molar-refractivity contribution in [2.75, 3.05) is 6.61 Å². The first-order valence-electron chi connectivity index (χ1n) is 5.59. The summed E-state index contributed by atoms with van der Waals surface area (Å²) < 4.78 is 2.35. The van der Waals surface area contributed by atoms with E-state index in [0.717, 1.165) is 19.4 Å². The van der Waals surface area contributed by atoms with Crippen molar-refractivity contribution in [3.8, 4) is 0 Å². The van der Waals surface area contributed by atoms with E-state index in [9.17, 15) is 0 Å². The van der Waals surface area contributed by atoms with E-state index in [1.54, 1.807) is 0 Å². The lowest BCUT2D eigenvalue weighted by molar-refractivity contribution is 0.200. The molecule has 78 valence electrons. The molecular formula is C12H19NO. The van der Waals surface area contributed by atoms with E-state index in [-0.39, 0.29) is 5.41 Å². The number of aliphatic hydroxyl groups is 1. The van der Waals surface area contributed by atoms with Crippen LogP contribution in [0.15, 0.2) is 18.3 Å². The van der Waals surface area contributed by atoms with Gasteiger partial charge in [0.2, 0.25) is 0 Å². The Balaban J connectivity index is 2.36. The molecule has 1 aliphatic rings. The summed E-state index contributed by atoms with van der Waals surface area (Å²) >= 11 is 0. The maximum absolute atomic E-state index is 9.17. The standard InChI is InChI=1S/C12H19NO/c1-2-12(7-10-14)6-4-9-13-8-3-5-11(12)13/h3,5,8,14H,2,4,6-7,9-10H2,1H3. The average molecular weight is 193 g/mol. The lowest BCUT2D eigenvalue weighted by atomic mass is 9.73. The highest BCUT2D eigenvalue weighted by Gasteiger charge is 2.34. The SMILES string of the molecule is CCC1(CCO)CCCn2cccc21. The molecule has 1 atom stereocenters. The Morgan fingerprint density at radius 3 is 3.14 bits per heavy atom. The van der Waals surface area contributed by atoms with Gasteiger partial charge in [0, 0.05) is 30.5 Å². The van der Waals surface area contributed by atoms with Gasteiger partial charge < -0.3 is 9.67 Å². The van der Waals surface area contributed by atoms with Crippen molar-refractivity contribution < 1.29 is 5.11 Å². The summed E-state index contributed by atoms with van der Waals surface area (Å²) in [5, 5.41) is 9.17. The van der Waals surface area contributed by atoms with Crippen LogP contribution in [0.3, 0.4) is 0 Å². The van der Waals surface area contributed by atoms with Crippen LogP contribution in [0.25, 0.3) is 0 Å². The summed E-state index contributed by atoms with van der Waals surface area (Å²) in [6.45, 7) is 3.69. The summed E-state index contributed by atoms with van der Waals surface area (Å²) in [6, 6.07) is 4.35. The molecule has 1 aromatic rings. The molecule has 2 heteroatoms. The topological polar surface area (TPSA) is 25.2 Å². The molecule has 0 aliphatic carbocycles. The molecule has 1 unspecified atom stereocenters. The van der Waals surface area contributed by atoms with E-state index < -0.39 is 0 Å². The van der Waals surface area contributed by atoms with E-state index in [0.29, 0.717) is 6.61 Å². The van der Waals surface area contributed by atoms with Crippen molar-refractivity contribution >= 4 is 0 Å². The minimum atomic E-state index is 0.247. The summed E-state index contributed by atoms with van der Waals surface area (Å²) in [5.74, 6) is 0. The predicted molar refractivity (Wildman–Crippen MR) is 57.3 cm³/mol. The highest BCUT2D eigenvalue weighted by atomic mass is 16.3. The average Bonchev–Trinajstić information content (AvgIpc) is 2.67. The second-order valence-electron chi connectivity index (χ2n) is 4.30. The number of hydrogen-bond acceptors (Lipinski definition) is 1. The highest BCUT2D eigenvalue weighted by Crippen LogP contribution is 2.39. The fourth-order valence-corrected chi connectivity index (χ4v) is 2.81. The minimum absolute atomic E-state index is 0.247. The van der Waals surface area contributed by atoms with Crippen LogP contribution in [0.1, 0.15) is 38.3 Å². The molecule has 1 aromatic heterocycles. The third-order valence-corrected chi connectivity index (χ3v) is 3.69. The molecule has 2 heterocycles. The largest absolute Gasteiger partial charge is 0.396 e. The van der Waals surface area contributed by atoms with Crippen molar-refractivity contribution in [1.29, 1.82) is 0 Å². The Kier molecular flexibility index (Phi) is 2.64. The fraction of sp³-hybridized carbons (Fsp3) is 0.667. The van der Waals surface area contributed by atoms with Gasteiger partial charge in [0.25, 0.3) is 0 Å². The van der Waals surface area contributed by atoms with E-state index >= 15 is 0 Å². The lowest BCUT2D eigenvalue weighted by Gasteiger charge is -2.37. The quantitative estimate of drug-likeness (QED) is 0.783. The highest BCUT2D eigenvalue weighted by molar-refractivity contribution is 5.21. The van der Waals surface area contributed by atoms with Crippen molar-refractivity contribution in [2.45, 2.75) is 44.6 Å². The number of rotatable bonds is 3. The van der Waals surface area contributed by atoms with Gasteiger partial charge >= 0.3 is 0 Å². The number of fused-ring (bicyclic) bond motifs is 1. The number of hydrogen-bond donors (Lipinski definition) is 1. The number of aryl methyl sites for hydroxylation is 1. The first-order valence-corrected chi connectivity index (χ1v) is 5.59. The molecule has 0 fully saturated rings. The van der Waals surface area contributed by atoms with Crippen LogP contribution in [-0.2, 0) is 12.0 Å². The monoisotopic (exact) mass is 193 g/mol. The second kappa shape index (κ2) is 3.77. The van der Waals surface area contributed by atoms with Crippen molar-refractivity contribution in [3.05, 3.63) is 24.0 Å². The van der Waals surface area contributed by atoms with Gasteiger partial charge in [-0.05, 0) is 37.8 Å². The zero-order valence-electron chi connectivity index (χ0n) is 8.87. The van der Waals surface area contributed by atoms with Crippen molar-refractivity contribution in [2.24, 2.45) is 0 Å². The zero-order chi connectivity index (χ0) is 10.0. The van der Waals surface area contributed by atoms with Gasteiger partial charge in [-0.25, -0.2) is 0 Å². The van der Waals surface area contributed by atoms with Crippen LogP contribution in [-0.4, -0.2) is 16.3 Å². The number of aliphatic hydroxyl groups excluding tert-OH is 1. The van der Waals surface area contributed by atoms with Crippen LogP contribution < -0.4 is 0 Å². The zero-order valence-corrected chi connectivity index (χ0v) is 8.87. The van der Waals surface area contributed by atoms with Gasteiger partial charge in [-0.15, -0.1) is 0 Å². The maximum Gasteiger partial charge on any atom is 0.0440 e. The lowest BCUT2D eigenvalue weighted by Crippen LogP contribution is -2.33. The minimum Gasteiger partial charge on any atom is -0.396 e. The molecule has 0 saturated heterocycles. The van der Waals surface area contributed by atoms with Crippen molar-refractivity contribution in [1.82, 2.24) is 4.57 Å². The Labute approximate surface area is 85.6 Å². The Hall–Kier alpha value is -0.760. The van der Waals surface area contributed by atoms with E-state index in [4.69, 9.17) is 5.11 Å². The molecule has 0 aromatic carbocycles. The van der Waals surface area contributed by atoms with E-state index in [2.05, 4.69) is 29.8 Å². The fourth-order valence-electron chi connectivity index (χ4n) is 2.81. The molecule has 2 rings (SSSR count). The van der Waals surface area contributed by atoms with E-state index in [1.165, 1.54) is 18.5 Å². The summed E-state index contributed by atoms with van der Waals surface area (Å²) in [6.07, 6.45) is 6.69. The van der Waals surface area contributed by atoms with Crippen LogP contribution in [0.4, 0.5) is 0 Å². The molecule has 0 radical (unpaired) electrons. The predicted octanol–water partition coefficient (Wildman–Crippen LogP) is 2.31. The molecule has 2 nitrogen and oxygen atoms in total. The number of aromatic nitrogens is 1. The molecule has 0 bridgehead atoms. The van der Waals surface area contributed by atoms with Gasteiger partial charge in [-0.1, -0.05) is 6.92 Å². The van der Waals surface area contributed by atoms with Crippen LogP contribution in [0.2, 0.25) is 0 Å². The molecule has 0 spiro atoms. The van der Waals surface area contributed by atoms with Crippen molar-refractivity contribution in [3.63, 3.8) is 0 Å². The van der Waals surface area contributed by atoms with Gasteiger partial charge in [-0.3, -0.25) is 0 Å². The Bertz CT molecular complexity index is 305. The molecular weight excluding hydrogens is 174 g/mol. The third kappa shape index (κ3) is 1.38. The summed E-state index contributed by atoms with van der Waals surface area (Å²) in [5.41, 5.74) is 1.68. The molecule has 0 saturated carbocycles. The normalized spacial score (nSPS) is 26.1. The number of nitrogens with zero attached hydrogens (tertiary/aromatic N) is 1. The first kappa shape index (κ1) is 9.78. The maximum atomic E-state index is 9.17. The van der Waals surface area contributed by atoms with Gasteiger partial charge in [0.1, 0.15) is 0 Å². The third-order valence-electron chi connectivity index (χ3n) is 3.69.